The fourth-order valence-corrected chi connectivity index (χ4v) is 4.90. The minimum atomic E-state index is -4.63. The number of carbonyl (C=O) groups is 3. The lowest BCUT2D eigenvalue weighted by atomic mass is 9.87. The van der Waals surface area contributed by atoms with Crippen LogP contribution in [0.4, 0.5) is 23.7 Å². The molecule has 1 fully saturated rings. The minimum absolute atomic E-state index is 0.0482. The number of ketones is 1. The van der Waals surface area contributed by atoms with E-state index in [0.717, 1.165) is 17.0 Å². The number of halogens is 3. The van der Waals surface area contributed by atoms with Crippen LogP contribution in [0, 0.1) is 17.2 Å². The molecule has 1 saturated heterocycles. The van der Waals surface area contributed by atoms with Crippen molar-refractivity contribution in [1.29, 1.82) is 5.26 Å². The predicted octanol–water partition coefficient (Wildman–Crippen LogP) is 3.51. The van der Waals surface area contributed by atoms with E-state index in [4.69, 9.17) is 0 Å². The molecule has 0 spiro atoms. The first-order chi connectivity index (χ1) is 18.4. The molecule has 0 aromatic heterocycles. The van der Waals surface area contributed by atoms with E-state index in [1.165, 1.54) is 56.1 Å². The van der Waals surface area contributed by atoms with Crippen molar-refractivity contribution < 1.29 is 27.6 Å². The molecule has 2 aliphatic rings. The number of hydrazine groups is 1. The lowest BCUT2D eigenvalue weighted by Crippen LogP contribution is -2.49. The number of hydrogen-bond donors (Lipinski definition) is 3. The quantitative estimate of drug-likeness (QED) is 0.516. The number of nitriles is 1. The Bertz CT molecular complexity index is 1390. The number of alkyl halides is 3. The van der Waals surface area contributed by atoms with E-state index in [-0.39, 0.29) is 34.0 Å². The Morgan fingerprint density at radius 1 is 1.15 bits per heavy atom. The molecule has 204 valence electrons. The molecule has 3 amide bonds. The zero-order valence-electron chi connectivity index (χ0n) is 21.5. The molecule has 3 N–H and O–H groups in total. The van der Waals surface area contributed by atoms with Gasteiger partial charge < -0.3 is 10.2 Å². The monoisotopic (exact) mass is 540 g/mol. The van der Waals surface area contributed by atoms with Crippen molar-refractivity contribution in [2.24, 2.45) is 5.92 Å². The molecule has 12 heteroatoms. The molecular formula is C27H27F3N6O3. The number of allylic oxidation sites excluding steroid dienone is 1. The van der Waals surface area contributed by atoms with Gasteiger partial charge in [0.05, 0.1) is 28.9 Å². The van der Waals surface area contributed by atoms with E-state index < -0.39 is 35.5 Å². The van der Waals surface area contributed by atoms with Gasteiger partial charge in [0.2, 0.25) is 0 Å². The van der Waals surface area contributed by atoms with Crippen LogP contribution in [0.1, 0.15) is 46.9 Å². The van der Waals surface area contributed by atoms with Gasteiger partial charge in [-0.15, -0.1) is 0 Å². The Labute approximate surface area is 223 Å². The molecule has 0 bridgehead atoms. The number of Topliss-reactive ketones (excluding diaryl/α,β-unsaturated/α-hetero) is 1. The third-order valence-electron chi connectivity index (χ3n) is 6.87. The number of anilines is 1. The van der Waals surface area contributed by atoms with Gasteiger partial charge in [-0.2, -0.15) is 18.4 Å². The van der Waals surface area contributed by atoms with Crippen LogP contribution in [0.3, 0.4) is 0 Å². The van der Waals surface area contributed by atoms with Crippen molar-refractivity contribution in [3.63, 3.8) is 0 Å². The van der Waals surface area contributed by atoms with Gasteiger partial charge in [0.15, 0.2) is 5.78 Å². The summed E-state index contributed by atoms with van der Waals surface area (Å²) in [5, 5.41) is 12.3. The van der Waals surface area contributed by atoms with Gasteiger partial charge in [0.1, 0.15) is 0 Å². The number of benzene rings is 2. The third-order valence-corrected chi connectivity index (χ3v) is 6.87. The summed E-state index contributed by atoms with van der Waals surface area (Å²) in [7, 11) is 1.42. The van der Waals surface area contributed by atoms with Crippen molar-refractivity contribution in [2.45, 2.75) is 26.1 Å². The van der Waals surface area contributed by atoms with Gasteiger partial charge in [-0.1, -0.05) is 12.1 Å². The van der Waals surface area contributed by atoms with Crippen molar-refractivity contribution in [2.75, 3.05) is 31.6 Å². The molecule has 0 saturated carbocycles. The van der Waals surface area contributed by atoms with Crippen molar-refractivity contribution in [1.82, 2.24) is 21.1 Å². The maximum absolute atomic E-state index is 13.6. The predicted molar refractivity (Wildman–Crippen MR) is 136 cm³/mol. The maximum atomic E-state index is 13.6. The molecule has 39 heavy (non-hydrogen) atoms. The number of hydrogen-bond acceptors (Lipinski definition) is 6. The molecule has 2 aromatic carbocycles. The molecule has 1 unspecified atom stereocenters. The largest absolute Gasteiger partial charge is 0.416 e. The first-order valence-corrected chi connectivity index (χ1v) is 12.2. The Morgan fingerprint density at radius 3 is 2.46 bits per heavy atom. The highest BCUT2D eigenvalue weighted by atomic mass is 19.4. The van der Waals surface area contributed by atoms with Gasteiger partial charge in [0, 0.05) is 49.4 Å². The van der Waals surface area contributed by atoms with Gasteiger partial charge in [0.25, 0.3) is 5.91 Å². The Morgan fingerprint density at radius 2 is 1.85 bits per heavy atom. The topological polar surface area (TPSA) is 118 Å². The number of amides is 3. The molecule has 2 heterocycles. The number of likely N-dealkylation sites (N-methyl/N-ethyl adjacent to an activating group) is 1. The summed E-state index contributed by atoms with van der Waals surface area (Å²) < 4.78 is 40.2. The van der Waals surface area contributed by atoms with Crippen LogP contribution in [0.15, 0.2) is 53.7 Å². The number of nitrogens with one attached hydrogen (secondary N) is 3. The number of rotatable bonds is 6. The molecule has 2 aromatic rings. The summed E-state index contributed by atoms with van der Waals surface area (Å²) in [5.74, 6) is -0.755. The summed E-state index contributed by atoms with van der Waals surface area (Å²) in [4.78, 5) is 42.2. The zero-order chi connectivity index (χ0) is 28.5. The van der Waals surface area contributed by atoms with Crippen LogP contribution in [-0.2, 0) is 11.0 Å². The van der Waals surface area contributed by atoms with Crippen LogP contribution < -0.4 is 21.1 Å². The molecular weight excluding hydrogens is 513 g/mol. The highest BCUT2D eigenvalue weighted by Crippen LogP contribution is 2.41. The minimum Gasteiger partial charge on any atom is -0.352 e. The average Bonchev–Trinajstić information content (AvgIpc) is 3.42. The summed E-state index contributed by atoms with van der Waals surface area (Å²) in [6, 6.07) is 9.01. The summed E-state index contributed by atoms with van der Waals surface area (Å²) >= 11 is 0. The van der Waals surface area contributed by atoms with Crippen molar-refractivity contribution >= 4 is 23.4 Å². The third kappa shape index (κ3) is 5.50. The second kappa shape index (κ2) is 10.9. The average molecular weight is 541 g/mol. The van der Waals surface area contributed by atoms with E-state index in [9.17, 15) is 32.8 Å². The standard InChI is InChI=1S/C27H27F3N6O3/c1-15-23(16(2)37)24(35(3)26(39)36(15)20-6-4-5-19(10-20)27(28,29)30)21-8-7-17(11-31)9-22(21)25(38)32-12-18-13-33-34-14-18/h4-10,18,24,33-34H,12-14H2,1-3H3,(H,32,38). The van der Waals surface area contributed by atoms with Crippen LogP contribution in [0.2, 0.25) is 0 Å². The second-order valence-electron chi connectivity index (χ2n) is 9.49. The summed E-state index contributed by atoms with van der Waals surface area (Å²) in [6.07, 6.45) is -4.63. The van der Waals surface area contributed by atoms with Crippen LogP contribution >= 0.6 is 0 Å². The van der Waals surface area contributed by atoms with E-state index >= 15 is 0 Å². The molecule has 1 atom stereocenters. The molecule has 0 radical (unpaired) electrons. The molecule has 9 nitrogen and oxygen atoms in total. The fourth-order valence-electron chi connectivity index (χ4n) is 4.90. The van der Waals surface area contributed by atoms with E-state index in [1.54, 1.807) is 0 Å². The van der Waals surface area contributed by atoms with Crippen molar-refractivity contribution in [3.8, 4) is 6.07 Å². The number of nitrogens with zero attached hydrogens (tertiary/aromatic N) is 3. The lowest BCUT2D eigenvalue weighted by Gasteiger charge is -2.41. The van der Waals surface area contributed by atoms with Crippen molar-refractivity contribution in [3.05, 3.63) is 76.0 Å². The molecule has 4 rings (SSSR count). The van der Waals surface area contributed by atoms with E-state index in [0.29, 0.717) is 25.2 Å². The van der Waals surface area contributed by atoms with Crippen LogP contribution in [0.25, 0.3) is 0 Å². The van der Waals surface area contributed by atoms with E-state index in [2.05, 4.69) is 16.2 Å². The van der Waals surface area contributed by atoms with Crippen LogP contribution in [-0.4, -0.2) is 49.3 Å². The zero-order valence-corrected chi connectivity index (χ0v) is 21.5. The van der Waals surface area contributed by atoms with Gasteiger partial charge >= 0.3 is 12.2 Å². The van der Waals surface area contributed by atoms with Gasteiger partial charge in [-0.05, 0) is 49.7 Å². The smallest absolute Gasteiger partial charge is 0.352 e. The fraction of sp³-hybridized carbons (Fsp3) is 0.333. The summed E-state index contributed by atoms with van der Waals surface area (Å²) in [5.41, 5.74) is 5.92. The highest BCUT2D eigenvalue weighted by molar-refractivity contribution is 6.06. The second-order valence-corrected chi connectivity index (χ2v) is 9.49. The SMILES string of the molecule is CC(=O)C1=C(C)N(c2cccc(C(F)(F)F)c2)C(=O)N(C)C1c1ccc(C#N)cc1C(=O)NCC1CNNC1. The van der Waals surface area contributed by atoms with E-state index in [1.807, 2.05) is 6.07 Å². The normalized spacial score (nSPS) is 18.4. The first kappa shape index (κ1) is 27.8. The number of carbonyl (C=O) groups excluding carboxylic acids is 3. The van der Waals surface area contributed by atoms with Gasteiger partial charge in [-0.25, -0.2) is 4.79 Å². The Balaban J connectivity index is 1.81. The Hall–Kier alpha value is -4.21. The van der Waals surface area contributed by atoms with Gasteiger partial charge in [-0.3, -0.25) is 25.3 Å². The van der Waals surface area contributed by atoms with Crippen LogP contribution in [0.5, 0.6) is 0 Å². The first-order valence-electron chi connectivity index (χ1n) is 12.2. The molecule has 2 aliphatic heterocycles. The Kier molecular flexibility index (Phi) is 7.76. The highest BCUT2D eigenvalue weighted by Gasteiger charge is 2.41. The summed E-state index contributed by atoms with van der Waals surface area (Å²) in [6.45, 7) is 4.45. The maximum Gasteiger partial charge on any atom is 0.416 e. The lowest BCUT2D eigenvalue weighted by molar-refractivity contribution is -0.137. The molecule has 0 aliphatic carbocycles. The number of urea groups is 1.